The van der Waals surface area contributed by atoms with Gasteiger partial charge in [-0.3, -0.25) is 4.79 Å². The smallest absolute Gasteiger partial charge is 0.335 e. The molecule has 1 heterocycles. The minimum atomic E-state index is -0.940. The molecule has 0 spiro atoms. The van der Waals surface area contributed by atoms with Gasteiger partial charge in [0, 0.05) is 16.6 Å². The number of fused-ring (bicyclic) bond motifs is 3. The number of aryl methyl sites for hydroxylation is 1. The van der Waals surface area contributed by atoms with Crippen molar-refractivity contribution in [2.75, 3.05) is 6.61 Å². The fraction of sp³-hybridized carbons (Fsp3) is 0.375. The monoisotopic (exact) mass is 287 g/mol. The molecule has 0 saturated carbocycles. The van der Waals surface area contributed by atoms with Crippen molar-refractivity contribution in [3.8, 4) is 0 Å². The summed E-state index contributed by atoms with van der Waals surface area (Å²) in [6.45, 7) is 2.19. The summed E-state index contributed by atoms with van der Waals surface area (Å²) >= 11 is 0. The Morgan fingerprint density at radius 3 is 2.95 bits per heavy atom. The predicted octanol–water partition coefficient (Wildman–Crippen LogP) is 2.53. The molecular weight excluding hydrogens is 270 g/mol. The van der Waals surface area contributed by atoms with Crippen LogP contribution in [0.4, 0.5) is 0 Å². The van der Waals surface area contributed by atoms with Crippen LogP contribution in [0.2, 0.25) is 0 Å². The van der Waals surface area contributed by atoms with E-state index in [1.807, 2.05) is 0 Å². The van der Waals surface area contributed by atoms with Crippen molar-refractivity contribution >= 4 is 22.8 Å². The molecule has 5 heteroatoms. The van der Waals surface area contributed by atoms with Gasteiger partial charge in [0.15, 0.2) is 0 Å². The van der Waals surface area contributed by atoms with Gasteiger partial charge in [-0.2, -0.15) is 0 Å². The average molecular weight is 287 g/mol. The molecule has 0 saturated heterocycles. The van der Waals surface area contributed by atoms with Crippen LogP contribution in [0.1, 0.15) is 35.0 Å². The number of aromatic carboxylic acids is 1. The van der Waals surface area contributed by atoms with Crippen LogP contribution in [-0.2, 0) is 22.4 Å². The summed E-state index contributed by atoms with van der Waals surface area (Å²) in [6, 6.07) is 5.06. The first kappa shape index (κ1) is 13.7. The highest BCUT2D eigenvalue weighted by Crippen LogP contribution is 2.32. The van der Waals surface area contributed by atoms with Crippen molar-refractivity contribution in [2.24, 2.45) is 5.92 Å². The second-order valence-electron chi connectivity index (χ2n) is 5.34. The first-order valence-electron chi connectivity index (χ1n) is 7.13. The van der Waals surface area contributed by atoms with Crippen molar-refractivity contribution in [2.45, 2.75) is 26.2 Å². The molecular formula is C16H17NO4. The van der Waals surface area contributed by atoms with Crippen LogP contribution in [0, 0.1) is 5.92 Å². The van der Waals surface area contributed by atoms with Crippen molar-refractivity contribution in [1.29, 1.82) is 0 Å². The Labute approximate surface area is 121 Å². The van der Waals surface area contributed by atoms with Crippen LogP contribution in [-0.4, -0.2) is 28.6 Å². The molecule has 21 heavy (non-hydrogen) atoms. The molecule has 1 aromatic heterocycles. The maximum Gasteiger partial charge on any atom is 0.335 e. The van der Waals surface area contributed by atoms with E-state index in [1.54, 1.807) is 25.1 Å². The van der Waals surface area contributed by atoms with E-state index in [9.17, 15) is 9.59 Å². The topological polar surface area (TPSA) is 79.4 Å². The number of esters is 1. The minimum absolute atomic E-state index is 0.134. The molecule has 1 unspecified atom stereocenters. The molecule has 1 aromatic carbocycles. The highest BCUT2D eigenvalue weighted by Gasteiger charge is 2.28. The number of ether oxygens (including phenoxy) is 1. The van der Waals surface area contributed by atoms with Crippen LogP contribution < -0.4 is 0 Å². The molecule has 0 radical (unpaired) electrons. The summed E-state index contributed by atoms with van der Waals surface area (Å²) in [7, 11) is 0. The van der Waals surface area contributed by atoms with Gasteiger partial charge >= 0.3 is 11.9 Å². The summed E-state index contributed by atoms with van der Waals surface area (Å²) in [4.78, 5) is 26.4. The van der Waals surface area contributed by atoms with Gasteiger partial charge in [0.2, 0.25) is 0 Å². The Balaban J connectivity index is 1.99. The second-order valence-corrected chi connectivity index (χ2v) is 5.34. The zero-order valence-electron chi connectivity index (χ0n) is 11.8. The number of carbonyl (C=O) groups excluding carboxylic acids is 1. The normalized spacial score (nSPS) is 17.5. The number of H-pyrrole nitrogens is 1. The van der Waals surface area contributed by atoms with Crippen molar-refractivity contribution < 1.29 is 19.4 Å². The molecule has 1 atom stereocenters. The van der Waals surface area contributed by atoms with Crippen molar-refractivity contribution in [1.82, 2.24) is 4.98 Å². The fourth-order valence-electron chi connectivity index (χ4n) is 3.01. The highest BCUT2D eigenvalue weighted by atomic mass is 16.5. The third-order valence-electron chi connectivity index (χ3n) is 4.05. The second kappa shape index (κ2) is 5.24. The van der Waals surface area contributed by atoms with Gasteiger partial charge < -0.3 is 14.8 Å². The Morgan fingerprint density at radius 1 is 1.43 bits per heavy atom. The molecule has 1 aliphatic rings. The standard InChI is InChI=1S/C16H17NO4/c1-2-21-16(20)10-4-6-14-12(8-10)11-7-9(15(18)19)3-5-13(11)17-14/h3,5,7,10,17H,2,4,6,8H2,1H3,(H,18,19). The lowest BCUT2D eigenvalue weighted by Crippen LogP contribution is -2.24. The summed E-state index contributed by atoms with van der Waals surface area (Å²) in [5.74, 6) is -1.23. The molecule has 1 aliphatic carbocycles. The van der Waals surface area contributed by atoms with Crippen LogP contribution >= 0.6 is 0 Å². The van der Waals surface area contributed by atoms with E-state index in [4.69, 9.17) is 9.84 Å². The molecule has 110 valence electrons. The number of aromatic amines is 1. The largest absolute Gasteiger partial charge is 0.478 e. The van der Waals surface area contributed by atoms with Gasteiger partial charge in [0.25, 0.3) is 0 Å². The molecule has 0 fully saturated rings. The summed E-state index contributed by atoms with van der Waals surface area (Å²) in [5.41, 5.74) is 3.35. The molecule has 0 amide bonds. The zero-order chi connectivity index (χ0) is 15.0. The van der Waals surface area contributed by atoms with E-state index in [0.29, 0.717) is 13.0 Å². The van der Waals surface area contributed by atoms with Gasteiger partial charge in [-0.1, -0.05) is 0 Å². The number of benzene rings is 1. The number of rotatable bonds is 3. The molecule has 2 aromatic rings. The lowest BCUT2D eigenvalue weighted by molar-refractivity contribution is -0.148. The SMILES string of the molecule is CCOC(=O)C1CCc2[nH]c3ccc(C(=O)O)cc3c2C1. The lowest BCUT2D eigenvalue weighted by atomic mass is 9.86. The van der Waals surface area contributed by atoms with E-state index in [1.165, 1.54) is 0 Å². The number of carboxylic acid groups (broad SMARTS) is 1. The maximum atomic E-state index is 11.9. The van der Waals surface area contributed by atoms with Crippen LogP contribution in [0.15, 0.2) is 18.2 Å². The average Bonchev–Trinajstić information content (AvgIpc) is 2.84. The first-order chi connectivity index (χ1) is 10.1. The Morgan fingerprint density at radius 2 is 2.24 bits per heavy atom. The Bertz CT molecular complexity index is 716. The van der Waals surface area contributed by atoms with E-state index in [-0.39, 0.29) is 17.5 Å². The van der Waals surface area contributed by atoms with Gasteiger partial charge in [0.1, 0.15) is 0 Å². The summed E-state index contributed by atoms with van der Waals surface area (Å²) in [5, 5.41) is 10.0. The van der Waals surface area contributed by atoms with E-state index >= 15 is 0 Å². The molecule has 2 N–H and O–H groups in total. The Kier molecular flexibility index (Phi) is 3.41. The number of hydrogen-bond acceptors (Lipinski definition) is 3. The van der Waals surface area contributed by atoms with Crippen LogP contribution in [0.3, 0.4) is 0 Å². The van der Waals surface area contributed by atoms with Crippen LogP contribution in [0.25, 0.3) is 10.9 Å². The van der Waals surface area contributed by atoms with Crippen molar-refractivity contribution in [3.63, 3.8) is 0 Å². The third-order valence-corrected chi connectivity index (χ3v) is 4.05. The quantitative estimate of drug-likeness (QED) is 0.850. The summed E-state index contributed by atoms with van der Waals surface area (Å²) in [6.07, 6.45) is 2.16. The predicted molar refractivity (Wildman–Crippen MR) is 77.4 cm³/mol. The summed E-state index contributed by atoms with van der Waals surface area (Å²) < 4.78 is 5.10. The van der Waals surface area contributed by atoms with E-state index in [2.05, 4.69) is 4.98 Å². The molecule has 5 nitrogen and oxygen atoms in total. The van der Waals surface area contributed by atoms with Gasteiger partial charge in [0.05, 0.1) is 18.1 Å². The van der Waals surface area contributed by atoms with Gasteiger partial charge in [-0.05, 0) is 49.9 Å². The Hall–Kier alpha value is -2.30. The number of aromatic nitrogens is 1. The fourth-order valence-corrected chi connectivity index (χ4v) is 3.01. The van der Waals surface area contributed by atoms with E-state index in [0.717, 1.165) is 35.0 Å². The zero-order valence-corrected chi connectivity index (χ0v) is 11.8. The van der Waals surface area contributed by atoms with Gasteiger partial charge in [-0.15, -0.1) is 0 Å². The number of hydrogen-bond donors (Lipinski definition) is 2. The molecule has 0 bridgehead atoms. The van der Waals surface area contributed by atoms with Crippen molar-refractivity contribution in [3.05, 3.63) is 35.0 Å². The molecule has 0 aliphatic heterocycles. The first-order valence-corrected chi connectivity index (χ1v) is 7.13. The molecule has 3 rings (SSSR count). The lowest BCUT2D eigenvalue weighted by Gasteiger charge is -2.20. The van der Waals surface area contributed by atoms with Gasteiger partial charge in [-0.25, -0.2) is 4.79 Å². The van der Waals surface area contributed by atoms with Crippen LogP contribution in [0.5, 0.6) is 0 Å². The number of carbonyl (C=O) groups is 2. The third kappa shape index (κ3) is 2.39. The van der Waals surface area contributed by atoms with E-state index < -0.39 is 5.97 Å². The number of carboxylic acids is 1. The highest BCUT2D eigenvalue weighted by molar-refractivity contribution is 5.95. The maximum absolute atomic E-state index is 11.9. The minimum Gasteiger partial charge on any atom is -0.478 e. The number of nitrogens with one attached hydrogen (secondary N) is 1.